The number of benzene rings is 2. The molecule has 0 aromatic heterocycles. The van der Waals surface area contributed by atoms with Crippen LogP contribution in [0.25, 0.3) is 0 Å². The summed E-state index contributed by atoms with van der Waals surface area (Å²) in [6, 6.07) is 8.21. The van der Waals surface area contributed by atoms with E-state index < -0.39 is 28.3 Å². The maximum absolute atomic E-state index is 12.9. The number of halogens is 3. The molecular formula is C15H11F3N2O3. The van der Waals surface area contributed by atoms with Gasteiger partial charge in [0.2, 0.25) is 0 Å². The lowest BCUT2D eigenvalue weighted by atomic mass is 10.1. The van der Waals surface area contributed by atoms with Crippen molar-refractivity contribution in [1.82, 2.24) is 0 Å². The van der Waals surface area contributed by atoms with Crippen LogP contribution in [-0.2, 0) is 6.18 Å². The smallest absolute Gasteiger partial charge is 0.321 e. The first-order chi connectivity index (χ1) is 10.7. The fraction of sp³-hybridized carbons (Fsp3) is 0.133. The Morgan fingerprint density at radius 3 is 2.43 bits per heavy atom. The van der Waals surface area contributed by atoms with Crippen LogP contribution in [0.3, 0.4) is 0 Å². The lowest BCUT2D eigenvalue weighted by molar-refractivity contribution is -0.385. The summed E-state index contributed by atoms with van der Waals surface area (Å²) < 4.78 is 38.7. The molecule has 0 unspecified atom stereocenters. The molecule has 2 aromatic rings. The Hall–Kier alpha value is -2.90. The minimum Gasteiger partial charge on any atom is -0.321 e. The fourth-order valence-electron chi connectivity index (χ4n) is 1.98. The van der Waals surface area contributed by atoms with Crippen LogP contribution in [0, 0.1) is 17.0 Å². The number of aryl methyl sites for hydroxylation is 1. The second-order valence-corrected chi connectivity index (χ2v) is 4.76. The number of para-hydroxylation sites is 1. The minimum atomic E-state index is -4.62. The summed E-state index contributed by atoms with van der Waals surface area (Å²) >= 11 is 0. The first-order valence-electron chi connectivity index (χ1n) is 6.43. The highest BCUT2D eigenvalue weighted by atomic mass is 19.4. The SMILES string of the molecule is Cc1ccc(C(=O)Nc2ccccc2C(F)(F)F)cc1[N+](=O)[O-]. The second kappa shape index (κ2) is 6.07. The number of alkyl halides is 3. The standard InChI is InChI=1S/C15H11F3N2O3/c1-9-6-7-10(8-13(9)20(22)23)14(21)19-12-5-3-2-4-11(12)15(16,17)18/h2-8H,1H3,(H,19,21). The van der Waals surface area contributed by atoms with Gasteiger partial charge in [0.1, 0.15) is 0 Å². The molecule has 1 N–H and O–H groups in total. The topological polar surface area (TPSA) is 72.2 Å². The van der Waals surface area contributed by atoms with Crippen LogP contribution >= 0.6 is 0 Å². The Kier molecular flexibility index (Phi) is 4.35. The molecule has 1 amide bonds. The van der Waals surface area contributed by atoms with E-state index in [2.05, 4.69) is 5.32 Å². The third-order valence-electron chi connectivity index (χ3n) is 3.15. The van der Waals surface area contributed by atoms with Gasteiger partial charge in [0.15, 0.2) is 0 Å². The Morgan fingerprint density at radius 1 is 1.17 bits per heavy atom. The van der Waals surface area contributed by atoms with Crippen molar-refractivity contribution in [3.8, 4) is 0 Å². The summed E-state index contributed by atoms with van der Waals surface area (Å²) in [4.78, 5) is 22.3. The molecule has 0 fully saturated rings. The molecule has 0 saturated carbocycles. The van der Waals surface area contributed by atoms with Crippen molar-refractivity contribution in [2.75, 3.05) is 5.32 Å². The van der Waals surface area contributed by atoms with Crippen molar-refractivity contribution in [2.24, 2.45) is 0 Å². The van der Waals surface area contributed by atoms with Gasteiger partial charge in [0.05, 0.1) is 16.2 Å². The lowest BCUT2D eigenvalue weighted by Crippen LogP contribution is -2.16. The number of anilines is 1. The van der Waals surface area contributed by atoms with E-state index in [0.29, 0.717) is 5.56 Å². The summed E-state index contributed by atoms with van der Waals surface area (Å²) in [5.74, 6) is -0.857. The highest BCUT2D eigenvalue weighted by Crippen LogP contribution is 2.34. The monoisotopic (exact) mass is 324 g/mol. The molecule has 8 heteroatoms. The minimum absolute atomic E-state index is 0.0979. The van der Waals surface area contributed by atoms with E-state index in [1.807, 2.05) is 0 Å². The van der Waals surface area contributed by atoms with Crippen LogP contribution in [0.1, 0.15) is 21.5 Å². The Bertz CT molecular complexity index is 773. The van der Waals surface area contributed by atoms with Gasteiger partial charge in [-0.25, -0.2) is 0 Å². The highest BCUT2D eigenvalue weighted by Gasteiger charge is 2.33. The van der Waals surface area contributed by atoms with Gasteiger partial charge in [-0.1, -0.05) is 18.2 Å². The van der Waals surface area contributed by atoms with Crippen molar-refractivity contribution in [1.29, 1.82) is 0 Å². The van der Waals surface area contributed by atoms with Gasteiger partial charge in [-0.05, 0) is 25.1 Å². The average molecular weight is 324 g/mol. The van der Waals surface area contributed by atoms with Gasteiger partial charge in [-0.15, -0.1) is 0 Å². The van der Waals surface area contributed by atoms with Crippen LogP contribution < -0.4 is 5.32 Å². The van der Waals surface area contributed by atoms with E-state index in [1.54, 1.807) is 0 Å². The first-order valence-corrected chi connectivity index (χ1v) is 6.43. The molecule has 0 aliphatic rings. The van der Waals surface area contributed by atoms with Crippen LogP contribution in [0.15, 0.2) is 42.5 Å². The summed E-state index contributed by atoms with van der Waals surface area (Å²) in [7, 11) is 0. The van der Waals surface area contributed by atoms with E-state index in [9.17, 15) is 28.1 Å². The molecule has 0 radical (unpaired) electrons. The van der Waals surface area contributed by atoms with Crippen molar-refractivity contribution in [3.63, 3.8) is 0 Å². The third-order valence-corrected chi connectivity index (χ3v) is 3.15. The van der Waals surface area contributed by atoms with E-state index in [4.69, 9.17) is 0 Å². The molecule has 0 atom stereocenters. The van der Waals surface area contributed by atoms with Gasteiger partial charge >= 0.3 is 6.18 Å². The highest BCUT2D eigenvalue weighted by molar-refractivity contribution is 6.05. The van der Waals surface area contributed by atoms with Crippen LogP contribution in [-0.4, -0.2) is 10.8 Å². The molecular weight excluding hydrogens is 313 g/mol. The maximum Gasteiger partial charge on any atom is 0.418 e. The molecule has 2 aromatic carbocycles. The van der Waals surface area contributed by atoms with Gasteiger partial charge < -0.3 is 5.32 Å². The Labute approximate surface area is 128 Å². The van der Waals surface area contributed by atoms with Gasteiger partial charge in [0, 0.05) is 17.2 Å². The zero-order valence-corrected chi connectivity index (χ0v) is 11.8. The van der Waals surface area contributed by atoms with Crippen LogP contribution in [0.4, 0.5) is 24.5 Å². The molecule has 0 spiro atoms. The maximum atomic E-state index is 12.9. The summed E-state index contributed by atoms with van der Waals surface area (Å²) in [6.45, 7) is 1.50. The number of nitrogens with zero attached hydrogens (tertiary/aromatic N) is 1. The number of rotatable bonds is 3. The number of carbonyl (C=O) groups excluding carboxylic acids is 1. The number of hydrogen-bond acceptors (Lipinski definition) is 3. The van der Waals surface area contributed by atoms with Crippen molar-refractivity contribution >= 4 is 17.3 Å². The van der Waals surface area contributed by atoms with Gasteiger partial charge in [0.25, 0.3) is 11.6 Å². The van der Waals surface area contributed by atoms with E-state index >= 15 is 0 Å². The Balaban J connectivity index is 2.34. The normalized spacial score (nSPS) is 11.1. The van der Waals surface area contributed by atoms with E-state index in [0.717, 1.165) is 18.2 Å². The van der Waals surface area contributed by atoms with Crippen LogP contribution in [0.2, 0.25) is 0 Å². The fourth-order valence-corrected chi connectivity index (χ4v) is 1.98. The quantitative estimate of drug-likeness (QED) is 0.680. The van der Waals surface area contributed by atoms with Crippen molar-refractivity contribution in [2.45, 2.75) is 13.1 Å². The number of hydrogen-bond donors (Lipinski definition) is 1. The van der Waals surface area contributed by atoms with Gasteiger partial charge in [-0.3, -0.25) is 14.9 Å². The first kappa shape index (κ1) is 16.5. The number of nitro groups is 1. The molecule has 0 heterocycles. The van der Waals surface area contributed by atoms with Crippen molar-refractivity contribution < 1.29 is 22.9 Å². The van der Waals surface area contributed by atoms with Crippen LogP contribution in [0.5, 0.6) is 0 Å². The van der Waals surface area contributed by atoms with Gasteiger partial charge in [-0.2, -0.15) is 13.2 Å². The number of amides is 1. The van der Waals surface area contributed by atoms with Crippen molar-refractivity contribution in [3.05, 3.63) is 69.3 Å². The van der Waals surface area contributed by atoms with E-state index in [1.165, 1.54) is 31.2 Å². The number of nitro benzene ring substituents is 1. The molecule has 0 aliphatic carbocycles. The summed E-state index contributed by atoms with van der Waals surface area (Å²) in [6.07, 6.45) is -4.62. The summed E-state index contributed by atoms with van der Waals surface area (Å²) in [5.41, 5.74) is -1.42. The predicted octanol–water partition coefficient (Wildman–Crippen LogP) is 4.17. The molecule has 0 aliphatic heterocycles. The zero-order valence-electron chi connectivity index (χ0n) is 11.8. The average Bonchev–Trinajstić information content (AvgIpc) is 2.46. The molecule has 120 valence electrons. The third kappa shape index (κ3) is 3.65. The molecule has 23 heavy (non-hydrogen) atoms. The molecule has 0 bridgehead atoms. The zero-order chi connectivity index (χ0) is 17.2. The molecule has 5 nitrogen and oxygen atoms in total. The largest absolute Gasteiger partial charge is 0.418 e. The molecule has 0 saturated heterocycles. The number of nitrogens with one attached hydrogen (secondary N) is 1. The predicted molar refractivity (Wildman–Crippen MR) is 77.2 cm³/mol. The lowest BCUT2D eigenvalue weighted by Gasteiger charge is -2.13. The second-order valence-electron chi connectivity index (χ2n) is 4.76. The van der Waals surface area contributed by atoms with E-state index in [-0.39, 0.29) is 11.3 Å². The molecule has 2 rings (SSSR count). The Morgan fingerprint density at radius 2 is 1.83 bits per heavy atom. The summed E-state index contributed by atoms with van der Waals surface area (Å²) in [5, 5.41) is 13.0. The number of carbonyl (C=O) groups is 1.